The summed E-state index contributed by atoms with van der Waals surface area (Å²) in [7, 11) is 1.20. The van der Waals surface area contributed by atoms with E-state index in [9.17, 15) is 14.7 Å². The van der Waals surface area contributed by atoms with Gasteiger partial charge in [0.05, 0.1) is 18.8 Å². The molecule has 132 valence electrons. The molecule has 1 amide bonds. The molecule has 6 nitrogen and oxygen atoms in total. The number of ether oxygens (including phenoxy) is 2. The minimum atomic E-state index is -1.15. The van der Waals surface area contributed by atoms with Crippen LogP contribution in [0, 0.1) is 0 Å². The molecule has 0 fully saturated rings. The van der Waals surface area contributed by atoms with Crippen LogP contribution in [0.4, 0.5) is 0 Å². The number of amides is 1. The molecule has 0 spiro atoms. The smallest absolute Gasteiger partial charge is 0.331 e. The predicted molar refractivity (Wildman–Crippen MR) is 92.2 cm³/mol. The van der Waals surface area contributed by atoms with Gasteiger partial charge in [0.1, 0.15) is 12.4 Å². The van der Waals surface area contributed by atoms with Gasteiger partial charge in [0.2, 0.25) is 0 Å². The van der Waals surface area contributed by atoms with E-state index in [1.807, 2.05) is 30.3 Å². The zero-order valence-corrected chi connectivity index (χ0v) is 14.1. The van der Waals surface area contributed by atoms with Gasteiger partial charge in [-0.05, 0) is 24.6 Å². The molecule has 0 aromatic heterocycles. The van der Waals surface area contributed by atoms with Gasteiger partial charge < -0.3 is 19.9 Å². The molecule has 0 radical (unpaired) electrons. The van der Waals surface area contributed by atoms with E-state index >= 15 is 0 Å². The molecule has 2 aromatic carbocycles. The lowest BCUT2D eigenvalue weighted by atomic mass is 10.1. The summed E-state index contributed by atoms with van der Waals surface area (Å²) in [4.78, 5) is 24.2. The van der Waals surface area contributed by atoms with Gasteiger partial charge in [-0.15, -0.1) is 0 Å². The number of rotatable bonds is 7. The fraction of sp³-hybridized carbons (Fsp3) is 0.263. The molecule has 2 N–H and O–H groups in total. The molecule has 0 aliphatic rings. The second kappa shape index (κ2) is 8.84. The summed E-state index contributed by atoms with van der Waals surface area (Å²) in [6, 6.07) is 15.1. The molecular weight excluding hydrogens is 322 g/mol. The van der Waals surface area contributed by atoms with Crippen molar-refractivity contribution < 1.29 is 24.2 Å². The molecule has 0 aliphatic carbocycles. The maximum Gasteiger partial charge on any atom is 0.331 e. The Hall–Kier alpha value is -2.86. The van der Waals surface area contributed by atoms with Crippen LogP contribution in [-0.2, 0) is 16.1 Å². The van der Waals surface area contributed by atoms with Gasteiger partial charge in [-0.3, -0.25) is 4.79 Å². The van der Waals surface area contributed by atoms with Gasteiger partial charge in [-0.2, -0.15) is 0 Å². The second-order valence-electron chi connectivity index (χ2n) is 5.49. The van der Waals surface area contributed by atoms with Crippen LogP contribution in [0.15, 0.2) is 54.6 Å². The highest BCUT2D eigenvalue weighted by atomic mass is 16.5. The fourth-order valence-electron chi connectivity index (χ4n) is 2.24. The number of esters is 1. The highest BCUT2D eigenvalue weighted by Gasteiger charge is 2.27. The third-order valence-electron chi connectivity index (χ3n) is 3.59. The van der Waals surface area contributed by atoms with E-state index in [2.05, 4.69) is 10.1 Å². The van der Waals surface area contributed by atoms with Gasteiger partial charge in [0.25, 0.3) is 5.91 Å². The van der Waals surface area contributed by atoms with Crippen molar-refractivity contribution in [3.63, 3.8) is 0 Å². The van der Waals surface area contributed by atoms with E-state index in [-0.39, 0.29) is 5.56 Å². The van der Waals surface area contributed by atoms with Crippen LogP contribution in [0.3, 0.4) is 0 Å². The summed E-state index contributed by atoms with van der Waals surface area (Å²) in [5.41, 5.74) is 1.24. The minimum Gasteiger partial charge on any atom is -0.488 e. The minimum absolute atomic E-state index is 0.271. The lowest BCUT2D eigenvalue weighted by molar-refractivity contribution is -0.145. The number of hydrogen-bond donors (Lipinski definition) is 2. The number of carbonyl (C=O) groups is 2. The predicted octanol–water partition coefficient (Wildman–Crippen LogP) is 1.92. The normalized spacial score (nSPS) is 12.8. The monoisotopic (exact) mass is 343 g/mol. The molecule has 2 aromatic rings. The van der Waals surface area contributed by atoms with Crippen molar-refractivity contribution in [1.82, 2.24) is 5.32 Å². The second-order valence-corrected chi connectivity index (χ2v) is 5.49. The Morgan fingerprint density at radius 3 is 2.36 bits per heavy atom. The summed E-state index contributed by atoms with van der Waals surface area (Å²) in [6.45, 7) is 1.71. The van der Waals surface area contributed by atoms with E-state index in [0.717, 1.165) is 5.56 Å². The van der Waals surface area contributed by atoms with Crippen LogP contribution >= 0.6 is 0 Å². The Morgan fingerprint density at radius 2 is 1.72 bits per heavy atom. The van der Waals surface area contributed by atoms with E-state index in [4.69, 9.17) is 4.74 Å². The summed E-state index contributed by atoms with van der Waals surface area (Å²) < 4.78 is 10.3. The molecule has 25 heavy (non-hydrogen) atoms. The fourth-order valence-corrected chi connectivity index (χ4v) is 2.24. The van der Waals surface area contributed by atoms with E-state index in [1.165, 1.54) is 14.0 Å². The standard InChI is InChI=1S/C19H21NO5/c1-13(21)17(19(23)24-2)20-18(22)15-10-6-7-11-16(15)25-12-14-8-4-3-5-9-14/h3-11,13,17,21H,12H2,1-2H3,(H,20,22). The third-order valence-corrected chi connectivity index (χ3v) is 3.59. The van der Waals surface area contributed by atoms with Crippen molar-refractivity contribution in [1.29, 1.82) is 0 Å². The van der Waals surface area contributed by atoms with Crippen molar-refractivity contribution in [2.75, 3.05) is 7.11 Å². The Bertz CT molecular complexity index is 715. The van der Waals surface area contributed by atoms with Crippen molar-refractivity contribution in [2.45, 2.75) is 25.7 Å². The number of benzene rings is 2. The van der Waals surface area contributed by atoms with Crippen LogP contribution in [0.2, 0.25) is 0 Å². The lowest BCUT2D eigenvalue weighted by Gasteiger charge is -2.19. The average Bonchev–Trinajstić information content (AvgIpc) is 2.64. The van der Waals surface area contributed by atoms with Crippen LogP contribution in [-0.4, -0.2) is 36.2 Å². The zero-order valence-electron chi connectivity index (χ0n) is 14.1. The van der Waals surface area contributed by atoms with Gasteiger partial charge >= 0.3 is 5.97 Å². The summed E-state index contributed by atoms with van der Waals surface area (Å²) in [5.74, 6) is -0.857. The van der Waals surface area contributed by atoms with Gasteiger partial charge in [0.15, 0.2) is 6.04 Å². The number of methoxy groups -OCH3 is 1. The number of carbonyl (C=O) groups excluding carboxylic acids is 2. The van der Waals surface area contributed by atoms with Gasteiger partial charge in [-0.1, -0.05) is 42.5 Å². The molecule has 0 heterocycles. The van der Waals surface area contributed by atoms with Crippen molar-refractivity contribution in [2.24, 2.45) is 0 Å². The number of aliphatic hydroxyl groups is 1. The number of aliphatic hydroxyl groups excluding tert-OH is 1. The van der Waals surface area contributed by atoms with Crippen LogP contribution in [0.1, 0.15) is 22.8 Å². The molecule has 2 unspecified atom stereocenters. The summed E-state index contributed by atoms with van der Waals surface area (Å²) in [5, 5.41) is 12.2. The quantitative estimate of drug-likeness (QED) is 0.750. The van der Waals surface area contributed by atoms with E-state index in [0.29, 0.717) is 12.4 Å². The first-order chi connectivity index (χ1) is 12.0. The van der Waals surface area contributed by atoms with Crippen molar-refractivity contribution in [3.8, 4) is 5.75 Å². The third kappa shape index (κ3) is 5.06. The van der Waals surface area contributed by atoms with Crippen molar-refractivity contribution in [3.05, 3.63) is 65.7 Å². The SMILES string of the molecule is COC(=O)C(NC(=O)c1ccccc1OCc1ccccc1)C(C)O. The Labute approximate surface area is 146 Å². The molecule has 0 bridgehead atoms. The molecule has 2 rings (SSSR count). The Kier molecular flexibility index (Phi) is 6.54. The topological polar surface area (TPSA) is 84.9 Å². The number of hydrogen-bond acceptors (Lipinski definition) is 5. The highest BCUT2D eigenvalue weighted by Crippen LogP contribution is 2.19. The Morgan fingerprint density at radius 1 is 1.08 bits per heavy atom. The molecule has 2 atom stereocenters. The first-order valence-corrected chi connectivity index (χ1v) is 7.85. The van der Waals surface area contributed by atoms with Crippen LogP contribution in [0.5, 0.6) is 5.75 Å². The van der Waals surface area contributed by atoms with E-state index in [1.54, 1.807) is 24.3 Å². The van der Waals surface area contributed by atoms with E-state index < -0.39 is 24.0 Å². The molecular formula is C19H21NO5. The summed E-state index contributed by atoms with van der Waals surface area (Å²) in [6.07, 6.45) is -1.09. The number of nitrogens with one attached hydrogen (secondary N) is 1. The lowest BCUT2D eigenvalue weighted by Crippen LogP contribution is -2.48. The van der Waals surface area contributed by atoms with Crippen molar-refractivity contribution >= 4 is 11.9 Å². The molecule has 0 saturated carbocycles. The highest BCUT2D eigenvalue weighted by molar-refractivity contribution is 5.99. The molecule has 6 heteroatoms. The van der Waals surface area contributed by atoms with Gasteiger partial charge in [-0.25, -0.2) is 4.79 Å². The summed E-state index contributed by atoms with van der Waals surface area (Å²) >= 11 is 0. The zero-order chi connectivity index (χ0) is 18.2. The largest absolute Gasteiger partial charge is 0.488 e. The molecule has 0 aliphatic heterocycles. The maximum absolute atomic E-state index is 12.5. The van der Waals surface area contributed by atoms with Crippen LogP contribution < -0.4 is 10.1 Å². The Balaban J connectivity index is 2.13. The maximum atomic E-state index is 12.5. The van der Waals surface area contributed by atoms with Gasteiger partial charge in [0, 0.05) is 0 Å². The van der Waals surface area contributed by atoms with Crippen LogP contribution in [0.25, 0.3) is 0 Å². The molecule has 0 saturated heterocycles. The average molecular weight is 343 g/mol. The first-order valence-electron chi connectivity index (χ1n) is 7.85. The first kappa shape index (κ1) is 18.5. The number of para-hydroxylation sites is 1.